The fourth-order valence-electron chi connectivity index (χ4n) is 1.65. The van der Waals surface area contributed by atoms with E-state index in [1.807, 2.05) is 0 Å². The topological polar surface area (TPSA) is 88.3 Å². The van der Waals surface area contributed by atoms with Crippen LogP contribution in [0.2, 0.25) is 0 Å². The lowest BCUT2D eigenvalue weighted by molar-refractivity contribution is -0.473. The number of rotatable bonds is 1. The van der Waals surface area contributed by atoms with Crippen molar-refractivity contribution in [2.75, 3.05) is 0 Å². The maximum atomic E-state index is 11.8. The minimum absolute atomic E-state index is 0.0228. The summed E-state index contributed by atoms with van der Waals surface area (Å²) in [5.74, 6) is -1.14. The van der Waals surface area contributed by atoms with Crippen molar-refractivity contribution < 1.29 is 14.3 Å². The van der Waals surface area contributed by atoms with Crippen molar-refractivity contribution in [1.82, 2.24) is 4.73 Å². The zero-order valence-corrected chi connectivity index (χ0v) is 9.30. The van der Waals surface area contributed by atoms with Gasteiger partial charge in [0.1, 0.15) is 5.52 Å². The number of carboxylic acid groups (broad SMARTS) is 1. The van der Waals surface area contributed by atoms with Gasteiger partial charge in [0, 0.05) is 17.9 Å². The Morgan fingerprint density at radius 2 is 2.06 bits per heavy atom. The highest BCUT2D eigenvalue weighted by molar-refractivity contribution is 5.91. The summed E-state index contributed by atoms with van der Waals surface area (Å²) >= 11 is 0. The van der Waals surface area contributed by atoms with Gasteiger partial charge >= 0.3 is 5.97 Å². The van der Waals surface area contributed by atoms with Crippen molar-refractivity contribution in [2.45, 2.75) is 13.8 Å². The molecule has 2 aromatic rings. The van der Waals surface area contributed by atoms with Gasteiger partial charge in [-0.1, -0.05) is 0 Å². The molecule has 0 unspecified atom stereocenters. The fourth-order valence-corrected chi connectivity index (χ4v) is 1.65. The Hall–Kier alpha value is -2.37. The van der Waals surface area contributed by atoms with E-state index in [-0.39, 0.29) is 22.3 Å². The molecule has 1 N–H and O–H groups in total. The summed E-state index contributed by atoms with van der Waals surface area (Å²) in [6.07, 6.45) is 0. The van der Waals surface area contributed by atoms with Crippen molar-refractivity contribution in [3.05, 3.63) is 45.3 Å². The molecule has 0 spiro atoms. The first-order valence-electron chi connectivity index (χ1n) is 4.93. The molecule has 17 heavy (non-hydrogen) atoms. The van der Waals surface area contributed by atoms with E-state index in [0.29, 0.717) is 14.9 Å². The molecule has 0 bridgehead atoms. The normalized spacial score (nSPS) is 10.7. The number of benzene rings is 1. The molecule has 0 radical (unpaired) electrons. The van der Waals surface area contributed by atoms with E-state index in [4.69, 9.17) is 5.11 Å². The molecule has 0 aliphatic carbocycles. The van der Waals surface area contributed by atoms with Crippen LogP contribution in [0.15, 0.2) is 18.2 Å². The Labute approximate surface area is 95.9 Å². The van der Waals surface area contributed by atoms with Crippen LogP contribution in [0.25, 0.3) is 11.0 Å². The molecule has 6 nitrogen and oxygen atoms in total. The Morgan fingerprint density at radius 1 is 1.41 bits per heavy atom. The second kappa shape index (κ2) is 3.58. The van der Waals surface area contributed by atoms with Crippen LogP contribution in [-0.2, 0) is 0 Å². The molecule has 0 saturated heterocycles. The Balaban J connectivity index is 2.97. The van der Waals surface area contributed by atoms with Gasteiger partial charge in [-0.25, -0.2) is 4.79 Å². The Morgan fingerprint density at radius 3 is 2.65 bits per heavy atom. The average molecular weight is 234 g/mol. The van der Waals surface area contributed by atoms with E-state index in [1.165, 1.54) is 25.1 Å². The number of aromatic carboxylic acids is 1. The summed E-state index contributed by atoms with van der Waals surface area (Å²) in [7, 11) is 0. The van der Waals surface area contributed by atoms with Crippen LogP contribution in [0.5, 0.6) is 0 Å². The van der Waals surface area contributed by atoms with Gasteiger partial charge in [0.25, 0.3) is 11.2 Å². The third-order valence-electron chi connectivity index (χ3n) is 2.79. The van der Waals surface area contributed by atoms with Gasteiger partial charge in [0.05, 0.1) is 15.7 Å². The predicted molar refractivity (Wildman–Crippen MR) is 60.5 cm³/mol. The van der Waals surface area contributed by atoms with Gasteiger partial charge in [-0.15, -0.1) is 0 Å². The molecule has 0 fully saturated rings. The van der Waals surface area contributed by atoms with E-state index < -0.39 is 5.97 Å². The molecule has 0 aliphatic rings. The third-order valence-corrected chi connectivity index (χ3v) is 2.79. The zero-order valence-electron chi connectivity index (χ0n) is 9.30. The molecule has 88 valence electrons. The smallest absolute Gasteiger partial charge is 0.335 e. The minimum Gasteiger partial charge on any atom is -0.805 e. The van der Waals surface area contributed by atoms with Crippen LogP contribution < -0.4 is 4.43 Å². The van der Waals surface area contributed by atoms with Gasteiger partial charge in [0.2, 0.25) is 0 Å². The Kier molecular flexibility index (Phi) is 2.35. The molecule has 0 aliphatic heterocycles. The van der Waals surface area contributed by atoms with Crippen LogP contribution in [0.1, 0.15) is 21.7 Å². The average Bonchev–Trinajstić information content (AvgIpc) is 2.32. The maximum Gasteiger partial charge on any atom is 0.335 e. The summed E-state index contributed by atoms with van der Waals surface area (Å²) < 4.78 is 1.20. The van der Waals surface area contributed by atoms with Gasteiger partial charge < -0.3 is 15.0 Å². The molecule has 0 saturated carbocycles. The van der Waals surface area contributed by atoms with Gasteiger partial charge in [0.15, 0.2) is 0 Å². The lowest BCUT2D eigenvalue weighted by Crippen LogP contribution is -2.24. The highest BCUT2D eigenvalue weighted by Crippen LogP contribution is 2.15. The van der Waals surface area contributed by atoms with Crippen molar-refractivity contribution in [1.29, 1.82) is 0 Å². The first-order valence-corrected chi connectivity index (χ1v) is 4.93. The number of aromatic nitrogens is 2. The number of hydrogen-bond donors (Lipinski definition) is 1. The highest BCUT2D eigenvalue weighted by atomic mass is 16.5. The molecular weight excluding hydrogens is 224 g/mol. The van der Waals surface area contributed by atoms with E-state index in [1.54, 1.807) is 6.92 Å². The lowest BCUT2D eigenvalue weighted by atomic mass is 10.2. The first kappa shape index (κ1) is 11.1. The van der Waals surface area contributed by atoms with Crippen molar-refractivity contribution >= 4 is 17.0 Å². The fraction of sp³-hybridized carbons (Fsp3) is 0.182. The number of fused-ring (bicyclic) bond motifs is 1. The minimum atomic E-state index is -1.14. The quantitative estimate of drug-likeness (QED) is 0.751. The van der Waals surface area contributed by atoms with Crippen LogP contribution in [0.4, 0.5) is 0 Å². The number of hydrogen-bond acceptors (Lipinski definition) is 3. The van der Waals surface area contributed by atoms with Crippen LogP contribution in [0.3, 0.4) is 0 Å². The molecule has 2 rings (SSSR count). The number of carboxylic acids is 1. The monoisotopic (exact) mass is 234 g/mol. The number of nitrogens with zero attached hydrogens (tertiary/aromatic N) is 2. The molecule has 0 amide bonds. The standard InChI is InChI=1S/C11H10N2O4/c1-6-7(2)13(17)10-5-8(11(14)15)3-4-9(10)12(6)16/h3-5H,1-2H3,(H,14,15). The molecule has 0 atom stereocenters. The van der Waals surface area contributed by atoms with Crippen LogP contribution in [-0.4, -0.2) is 15.8 Å². The van der Waals surface area contributed by atoms with Crippen molar-refractivity contribution in [3.8, 4) is 0 Å². The third kappa shape index (κ3) is 1.54. The summed E-state index contributed by atoms with van der Waals surface area (Å²) in [4.78, 5) is 22.6. The van der Waals surface area contributed by atoms with Crippen molar-refractivity contribution in [2.24, 2.45) is 0 Å². The largest absolute Gasteiger partial charge is 0.805 e. The number of carbonyl (C=O) groups is 1. The van der Waals surface area contributed by atoms with Crippen LogP contribution >= 0.6 is 0 Å². The van der Waals surface area contributed by atoms with Gasteiger partial charge in [-0.2, -0.15) is 0 Å². The first-order chi connectivity index (χ1) is 7.93. The highest BCUT2D eigenvalue weighted by Gasteiger charge is 2.17. The summed E-state index contributed by atoms with van der Waals surface area (Å²) in [6, 6.07) is 3.84. The van der Waals surface area contributed by atoms with E-state index in [0.717, 1.165) is 0 Å². The summed E-state index contributed by atoms with van der Waals surface area (Å²) in [5, 5.41) is 20.7. The molecule has 6 heteroatoms. The summed E-state index contributed by atoms with van der Waals surface area (Å²) in [5.41, 5.74) is 0.757. The molecule has 1 aromatic carbocycles. The van der Waals surface area contributed by atoms with E-state index in [9.17, 15) is 14.9 Å². The predicted octanol–water partition coefficient (Wildman–Crippen LogP) is 1.22. The second-order valence-electron chi connectivity index (χ2n) is 3.77. The summed E-state index contributed by atoms with van der Waals surface area (Å²) in [6.45, 7) is 3.06. The van der Waals surface area contributed by atoms with Gasteiger partial charge in [-0.05, 0) is 19.1 Å². The SMILES string of the molecule is Cc1c(C)[n+](=O)c2ccc(C(=O)O)cc2n1[O-]. The zero-order chi connectivity index (χ0) is 12.7. The molecule has 1 heterocycles. The van der Waals surface area contributed by atoms with Crippen LogP contribution in [0, 0.1) is 24.0 Å². The van der Waals surface area contributed by atoms with Crippen molar-refractivity contribution in [3.63, 3.8) is 0 Å². The van der Waals surface area contributed by atoms with E-state index >= 15 is 0 Å². The second-order valence-corrected chi connectivity index (χ2v) is 3.77. The maximum absolute atomic E-state index is 11.8. The molecular formula is C11H10N2O4. The lowest BCUT2D eigenvalue weighted by Gasteiger charge is -2.15. The molecule has 1 aromatic heterocycles. The Bertz CT molecular complexity index is 688. The van der Waals surface area contributed by atoms with E-state index in [2.05, 4.69) is 0 Å². The van der Waals surface area contributed by atoms with Gasteiger partial charge in [-0.3, -0.25) is 0 Å².